The maximum atomic E-state index is 13.8. The molecule has 5 saturated carbocycles. The van der Waals surface area contributed by atoms with Crippen molar-refractivity contribution in [2.75, 3.05) is 6.61 Å². The van der Waals surface area contributed by atoms with Gasteiger partial charge in [0.2, 0.25) is 0 Å². The van der Waals surface area contributed by atoms with Gasteiger partial charge in [-0.3, -0.25) is 9.59 Å². The van der Waals surface area contributed by atoms with Crippen LogP contribution < -0.4 is 0 Å². The summed E-state index contributed by atoms with van der Waals surface area (Å²) < 4.78 is 12.0. The zero-order valence-electron chi connectivity index (χ0n) is 17.9. The van der Waals surface area contributed by atoms with Crippen molar-refractivity contribution in [1.29, 1.82) is 0 Å². The van der Waals surface area contributed by atoms with Crippen molar-refractivity contribution >= 4 is 29.1 Å². The largest absolute Gasteiger partial charge is 0.465 e. The van der Waals surface area contributed by atoms with Gasteiger partial charge < -0.3 is 9.47 Å². The molecule has 31 heavy (non-hydrogen) atoms. The molecular formula is C25H28O5S. The van der Waals surface area contributed by atoms with Gasteiger partial charge >= 0.3 is 11.9 Å². The van der Waals surface area contributed by atoms with Crippen molar-refractivity contribution in [3.63, 3.8) is 0 Å². The van der Waals surface area contributed by atoms with Crippen molar-refractivity contribution in [3.8, 4) is 0 Å². The number of cyclic esters (lactones) is 1. The summed E-state index contributed by atoms with van der Waals surface area (Å²) >= 11 is 1.35. The lowest BCUT2D eigenvalue weighted by Gasteiger charge is -2.69. The first-order valence-electron chi connectivity index (χ1n) is 11.5. The Labute approximate surface area is 186 Å². The lowest BCUT2D eigenvalue weighted by atomic mass is 9.35. The number of rotatable bonds is 2. The van der Waals surface area contributed by atoms with Gasteiger partial charge in [-0.15, -0.1) is 11.3 Å². The van der Waals surface area contributed by atoms with E-state index in [0.717, 1.165) is 32.1 Å². The number of thiophene rings is 1. The maximum absolute atomic E-state index is 13.8. The minimum absolute atomic E-state index is 0.0301. The molecule has 1 aliphatic heterocycles. The zero-order chi connectivity index (χ0) is 21.6. The standard InChI is InChI=1S/C25H28O5S/c1-14-15-6-9-25(20(14)26)18(11-15)24-8-4-7-23(2,13-29-22(24)28)17(24)12-19(25)30-21(27)16-5-3-10-31-16/h3,5,10,15,17-19H,1,4,6-9,11-13H2,2H3/t15-,17?,18?,19+,23-,24-,25+/m0/s1. The summed E-state index contributed by atoms with van der Waals surface area (Å²) in [5.74, 6) is -0.375. The van der Waals surface area contributed by atoms with Crippen LogP contribution in [0.1, 0.15) is 61.5 Å². The first-order chi connectivity index (χ1) is 14.8. The van der Waals surface area contributed by atoms with E-state index >= 15 is 0 Å². The smallest absolute Gasteiger partial charge is 0.348 e. The van der Waals surface area contributed by atoms with Crippen LogP contribution in [0.15, 0.2) is 29.7 Å². The predicted octanol–water partition coefficient (Wildman–Crippen LogP) is 4.57. The molecule has 1 saturated heterocycles. The van der Waals surface area contributed by atoms with E-state index in [1.807, 2.05) is 11.4 Å². The van der Waals surface area contributed by atoms with Crippen molar-refractivity contribution < 1.29 is 23.9 Å². The predicted molar refractivity (Wildman–Crippen MR) is 114 cm³/mol. The quantitative estimate of drug-likeness (QED) is 0.498. The van der Waals surface area contributed by atoms with E-state index in [2.05, 4.69) is 13.5 Å². The van der Waals surface area contributed by atoms with Gasteiger partial charge in [-0.1, -0.05) is 26.0 Å². The fourth-order valence-corrected chi connectivity index (χ4v) is 8.83. The number of carbonyl (C=O) groups excluding carboxylic acids is 3. The van der Waals surface area contributed by atoms with Crippen LogP contribution in [0.25, 0.3) is 0 Å². The van der Waals surface area contributed by atoms with Crippen LogP contribution in [0.2, 0.25) is 0 Å². The molecular weight excluding hydrogens is 412 g/mol. The highest BCUT2D eigenvalue weighted by Crippen LogP contribution is 2.73. The van der Waals surface area contributed by atoms with Gasteiger partial charge in [-0.05, 0) is 73.3 Å². The highest BCUT2D eigenvalue weighted by Gasteiger charge is 2.76. The van der Waals surface area contributed by atoms with Crippen LogP contribution in [0.4, 0.5) is 0 Å². The highest BCUT2D eigenvalue weighted by atomic mass is 32.1. The molecule has 4 bridgehead atoms. The Kier molecular flexibility index (Phi) is 4.01. The summed E-state index contributed by atoms with van der Waals surface area (Å²) in [5.41, 5.74) is -0.939. The van der Waals surface area contributed by atoms with Gasteiger partial charge in [0.25, 0.3) is 0 Å². The third kappa shape index (κ3) is 2.30. The average molecular weight is 441 g/mol. The second-order valence-electron chi connectivity index (χ2n) is 10.7. The molecule has 2 heterocycles. The number of Topliss-reactive ketones (excluding diaryl/α,β-unsaturated/α-hetero) is 1. The molecule has 0 radical (unpaired) electrons. The Morgan fingerprint density at radius 1 is 1.19 bits per heavy atom. The van der Waals surface area contributed by atoms with E-state index in [0.29, 0.717) is 29.9 Å². The molecule has 1 aromatic rings. The van der Waals surface area contributed by atoms with Crippen molar-refractivity contribution in [2.24, 2.45) is 34.0 Å². The molecule has 6 fully saturated rings. The first-order valence-corrected chi connectivity index (χ1v) is 12.4. The first kappa shape index (κ1) is 19.7. The van der Waals surface area contributed by atoms with Crippen molar-refractivity contribution in [1.82, 2.24) is 0 Å². The molecule has 0 N–H and O–H groups in total. The van der Waals surface area contributed by atoms with Crippen LogP contribution in [-0.4, -0.2) is 30.4 Å². The van der Waals surface area contributed by atoms with E-state index in [1.54, 1.807) is 6.07 Å². The molecule has 0 amide bonds. The Morgan fingerprint density at radius 3 is 2.81 bits per heavy atom. The van der Waals surface area contributed by atoms with E-state index in [9.17, 15) is 14.4 Å². The number of carbonyl (C=O) groups is 3. The maximum Gasteiger partial charge on any atom is 0.348 e. The fourth-order valence-electron chi connectivity index (χ4n) is 8.22. The van der Waals surface area contributed by atoms with E-state index in [4.69, 9.17) is 9.47 Å². The molecule has 6 heteroatoms. The van der Waals surface area contributed by atoms with E-state index < -0.39 is 16.9 Å². The number of hydrogen-bond acceptors (Lipinski definition) is 6. The third-order valence-corrected chi connectivity index (χ3v) is 10.4. The number of fused-ring (bicyclic) bond motifs is 2. The van der Waals surface area contributed by atoms with Gasteiger partial charge in [0.1, 0.15) is 11.0 Å². The number of ether oxygens (including phenoxy) is 2. The van der Waals surface area contributed by atoms with Gasteiger partial charge in [0.05, 0.1) is 17.4 Å². The zero-order valence-corrected chi connectivity index (χ0v) is 18.7. The van der Waals surface area contributed by atoms with Crippen molar-refractivity contribution in [3.05, 3.63) is 34.5 Å². The number of hydrogen-bond donors (Lipinski definition) is 0. The van der Waals surface area contributed by atoms with Crippen LogP contribution >= 0.6 is 11.3 Å². The lowest BCUT2D eigenvalue weighted by Crippen LogP contribution is -2.73. The summed E-state index contributed by atoms with van der Waals surface area (Å²) in [6, 6.07) is 3.60. The SMILES string of the molecule is C=C1C(=O)[C@]23CC[C@H]1CC2[C@@]12CCC[C@@](C)(COC1=O)C2C[C@H]3OC(=O)c1cccs1. The number of ketones is 1. The Balaban J connectivity index is 1.50. The third-order valence-electron chi connectivity index (χ3n) is 9.59. The molecule has 6 aliphatic rings. The Hall–Kier alpha value is -1.95. The number of esters is 2. The van der Waals surface area contributed by atoms with E-state index in [-0.39, 0.29) is 40.9 Å². The molecule has 164 valence electrons. The molecule has 7 rings (SSSR count). The Bertz CT molecular complexity index is 998. The lowest BCUT2D eigenvalue weighted by molar-refractivity contribution is -0.254. The summed E-state index contributed by atoms with van der Waals surface area (Å²) in [7, 11) is 0. The molecule has 7 atom stereocenters. The number of allylic oxidation sites excluding steroid dienone is 1. The normalized spacial score (nSPS) is 45.5. The van der Waals surface area contributed by atoms with Gasteiger partial charge in [0, 0.05) is 5.41 Å². The topological polar surface area (TPSA) is 69.7 Å². The second-order valence-corrected chi connectivity index (χ2v) is 11.6. The minimum atomic E-state index is -0.843. The molecule has 5 aliphatic carbocycles. The fraction of sp³-hybridized carbons (Fsp3) is 0.640. The van der Waals surface area contributed by atoms with Crippen LogP contribution in [0.5, 0.6) is 0 Å². The van der Waals surface area contributed by atoms with Crippen molar-refractivity contribution in [2.45, 2.75) is 58.0 Å². The van der Waals surface area contributed by atoms with Gasteiger partial charge in [0.15, 0.2) is 5.78 Å². The molecule has 5 nitrogen and oxygen atoms in total. The van der Waals surface area contributed by atoms with Gasteiger partial charge in [-0.25, -0.2) is 4.79 Å². The van der Waals surface area contributed by atoms with E-state index in [1.165, 1.54) is 11.3 Å². The van der Waals surface area contributed by atoms with Gasteiger partial charge in [-0.2, -0.15) is 0 Å². The molecule has 0 aromatic carbocycles. The van der Waals surface area contributed by atoms with Crippen LogP contribution in [0, 0.1) is 34.0 Å². The monoisotopic (exact) mass is 440 g/mol. The molecule has 1 aromatic heterocycles. The van der Waals surface area contributed by atoms with Crippen LogP contribution in [-0.2, 0) is 19.1 Å². The molecule has 1 spiro atoms. The highest BCUT2D eigenvalue weighted by molar-refractivity contribution is 7.11. The second kappa shape index (κ2) is 6.31. The Morgan fingerprint density at radius 2 is 2.03 bits per heavy atom. The average Bonchev–Trinajstić information content (AvgIpc) is 3.30. The summed E-state index contributed by atoms with van der Waals surface area (Å²) in [5, 5.41) is 1.86. The summed E-state index contributed by atoms with van der Waals surface area (Å²) in [4.78, 5) is 40.8. The molecule has 2 unspecified atom stereocenters. The van der Waals surface area contributed by atoms with Crippen LogP contribution in [0.3, 0.4) is 0 Å². The minimum Gasteiger partial charge on any atom is -0.465 e. The summed E-state index contributed by atoms with van der Waals surface area (Å²) in [6.07, 6.45) is 5.12. The summed E-state index contributed by atoms with van der Waals surface area (Å²) in [6.45, 7) is 6.78.